The summed E-state index contributed by atoms with van der Waals surface area (Å²) >= 11 is 0. The summed E-state index contributed by atoms with van der Waals surface area (Å²) in [6.45, 7) is 0. The van der Waals surface area contributed by atoms with E-state index in [-0.39, 0.29) is 11.8 Å². The first-order valence-electron chi connectivity index (χ1n) is 5.96. The van der Waals surface area contributed by atoms with Gasteiger partial charge in [0.1, 0.15) is 11.6 Å². The van der Waals surface area contributed by atoms with Gasteiger partial charge < -0.3 is 15.8 Å². The molecule has 6 nitrogen and oxygen atoms in total. The molecule has 0 saturated heterocycles. The molecule has 0 unspecified atom stereocenters. The third-order valence-electron chi connectivity index (χ3n) is 3.35. The molecule has 1 atom stereocenters. The van der Waals surface area contributed by atoms with Crippen LogP contribution >= 0.6 is 0 Å². The number of fused-ring (bicyclic) bond motifs is 1. The lowest BCUT2D eigenvalue weighted by Crippen LogP contribution is -2.23. The standard InChI is InChI=1S/C13H14N4O2/c1-19-8-4-2-7(3-5-8)9-6-10(18)15-13-11(9)12(14)16-17-13/h2-5,9H,6H2,1H3,(H4,14,15,16,17,18)/t9-/m0/s1. The zero-order chi connectivity index (χ0) is 13.4. The van der Waals surface area contributed by atoms with Crippen molar-refractivity contribution in [1.82, 2.24) is 10.2 Å². The minimum absolute atomic E-state index is 0.0557. The number of benzene rings is 1. The molecule has 1 aliphatic rings. The van der Waals surface area contributed by atoms with Crippen LogP contribution in [0.5, 0.6) is 5.75 Å². The topological polar surface area (TPSA) is 93.0 Å². The van der Waals surface area contributed by atoms with Crippen molar-refractivity contribution >= 4 is 17.5 Å². The van der Waals surface area contributed by atoms with Crippen molar-refractivity contribution in [3.05, 3.63) is 35.4 Å². The van der Waals surface area contributed by atoms with Gasteiger partial charge in [-0.15, -0.1) is 0 Å². The molecule has 4 N–H and O–H groups in total. The lowest BCUT2D eigenvalue weighted by molar-refractivity contribution is -0.116. The number of hydrogen-bond donors (Lipinski definition) is 3. The van der Waals surface area contributed by atoms with Crippen molar-refractivity contribution in [1.29, 1.82) is 0 Å². The average molecular weight is 258 g/mol. The number of methoxy groups -OCH3 is 1. The van der Waals surface area contributed by atoms with Gasteiger partial charge in [0, 0.05) is 17.9 Å². The Kier molecular flexibility index (Phi) is 2.63. The Bertz CT molecular complexity index is 618. The maximum absolute atomic E-state index is 11.7. The summed E-state index contributed by atoms with van der Waals surface area (Å²) in [7, 11) is 1.62. The number of amides is 1. The average Bonchev–Trinajstić information content (AvgIpc) is 2.79. The molecule has 0 fully saturated rings. The third kappa shape index (κ3) is 1.91. The van der Waals surface area contributed by atoms with Gasteiger partial charge >= 0.3 is 0 Å². The number of hydrogen-bond acceptors (Lipinski definition) is 4. The van der Waals surface area contributed by atoms with Gasteiger partial charge in [-0.1, -0.05) is 12.1 Å². The van der Waals surface area contributed by atoms with Crippen LogP contribution in [0.2, 0.25) is 0 Å². The van der Waals surface area contributed by atoms with E-state index in [1.54, 1.807) is 7.11 Å². The van der Waals surface area contributed by atoms with E-state index in [1.165, 1.54) is 0 Å². The minimum Gasteiger partial charge on any atom is -0.497 e. The fourth-order valence-corrected chi connectivity index (χ4v) is 2.40. The second kappa shape index (κ2) is 4.31. The molecule has 1 aliphatic heterocycles. The van der Waals surface area contributed by atoms with Crippen LogP contribution in [-0.2, 0) is 4.79 Å². The van der Waals surface area contributed by atoms with Crippen molar-refractivity contribution in [2.24, 2.45) is 0 Å². The number of nitrogens with one attached hydrogen (secondary N) is 2. The third-order valence-corrected chi connectivity index (χ3v) is 3.35. The van der Waals surface area contributed by atoms with Crippen molar-refractivity contribution in [3.8, 4) is 5.75 Å². The molecule has 1 amide bonds. The highest BCUT2D eigenvalue weighted by Gasteiger charge is 2.30. The Hall–Kier alpha value is -2.50. The highest BCUT2D eigenvalue weighted by molar-refractivity contribution is 5.95. The summed E-state index contributed by atoms with van der Waals surface area (Å²) in [5, 5.41) is 9.44. The summed E-state index contributed by atoms with van der Waals surface area (Å²) in [6.07, 6.45) is 0.364. The molecule has 19 heavy (non-hydrogen) atoms. The van der Waals surface area contributed by atoms with Crippen molar-refractivity contribution in [2.75, 3.05) is 18.2 Å². The maximum atomic E-state index is 11.7. The number of aromatic amines is 1. The van der Waals surface area contributed by atoms with Crippen LogP contribution in [-0.4, -0.2) is 23.2 Å². The lowest BCUT2D eigenvalue weighted by Gasteiger charge is -2.22. The van der Waals surface area contributed by atoms with Gasteiger partial charge in [-0.25, -0.2) is 0 Å². The number of rotatable bonds is 2. The van der Waals surface area contributed by atoms with Gasteiger partial charge in [0.15, 0.2) is 5.82 Å². The maximum Gasteiger partial charge on any atom is 0.226 e. The second-order valence-corrected chi connectivity index (χ2v) is 4.48. The Balaban J connectivity index is 2.04. The molecule has 98 valence electrons. The highest BCUT2D eigenvalue weighted by Crippen LogP contribution is 2.39. The molecule has 0 radical (unpaired) electrons. The predicted octanol–water partition coefficient (Wildman–Crippen LogP) is 1.47. The quantitative estimate of drug-likeness (QED) is 0.760. The number of ether oxygens (including phenoxy) is 1. The Morgan fingerprint density at radius 1 is 1.37 bits per heavy atom. The molecule has 1 aromatic heterocycles. The van der Waals surface area contributed by atoms with Crippen LogP contribution in [0.15, 0.2) is 24.3 Å². The fourth-order valence-electron chi connectivity index (χ4n) is 2.40. The summed E-state index contributed by atoms with van der Waals surface area (Å²) in [6, 6.07) is 7.63. The zero-order valence-electron chi connectivity index (χ0n) is 10.4. The number of anilines is 2. The van der Waals surface area contributed by atoms with E-state index in [4.69, 9.17) is 10.5 Å². The molecule has 2 heterocycles. The fraction of sp³-hybridized carbons (Fsp3) is 0.231. The lowest BCUT2D eigenvalue weighted by atomic mass is 9.87. The molecule has 6 heteroatoms. The van der Waals surface area contributed by atoms with Gasteiger partial charge in [0.2, 0.25) is 5.91 Å². The predicted molar refractivity (Wildman–Crippen MR) is 71.1 cm³/mol. The number of nitrogens with zero attached hydrogens (tertiary/aromatic N) is 1. The van der Waals surface area contributed by atoms with Crippen molar-refractivity contribution in [3.63, 3.8) is 0 Å². The summed E-state index contributed by atoms with van der Waals surface area (Å²) in [4.78, 5) is 11.7. The Morgan fingerprint density at radius 3 is 2.79 bits per heavy atom. The van der Waals surface area contributed by atoms with Crippen molar-refractivity contribution < 1.29 is 9.53 Å². The van der Waals surface area contributed by atoms with E-state index in [0.717, 1.165) is 16.9 Å². The van der Waals surface area contributed by atoms with E-state index in [0.29, 0.717) is 18.1 Å². The van der Waals surface area contributed by atoms with Crippen LogP contribution in [0.1, 0.15) is 23.5 Å². The van der Waals surface area contributed by atoms with Gasteiger partial charge in [0.05, 0.1) is 7.11 Å². The molecule has 3 rings (SSSR count). The van der Waals surface area contributed by atoms with Crippen molar-refractivity contribution in [2.45, 2.75) is 12.3 Å². The molecular formula is C13H14N4O2. The van der Waals surface area contributed by atoms with E-state index >= 15 is 0 Å². The van der Waals surface area contributed by atoms with Crippen LogP contribution in [0.3, 0.4) is 0 Å². The second-order valence-electron chi connectivity index (χ2n) is 4.48. The van der Waals surface area contributed by atoms with Crippen LogP contribution in [0.25, 0.3) is 0 Å². The molecule has 0 spiro atoms. The van der Waals surface area contributed by atoms with E-state index < -0.39 is 0 Å². The summed E-state index contributed by atoms with van der Waals surface area (Å²) in [5.41, 5.74) is 7.77. The molecule has 0 saturated carbocycles. The van der Waals surface area contributed by atoms with E-state index in [9.17, 15) is 4.79 Å². The number of nitrogens with two attached hydrogens (primary N) is 1. The summed E-state index contributed by atoms with van der Waals surface area (Å²) in [5.74, 6) is 1.67. The first kappa shape index (κ1) is 11.6. The SMILES string of the molecule is COc1ccc([C@@H]2CC(=O)Nc3n[nH]c(N)c32)cc1. The van der Waals surface area contributed by atoms with Gasteiger partial charge in [-0.2, -0.15) is 5.10 Å². The first-order chi connectivity index (χ1) is 9.19. The summed E-state index contributed by atoms with van der Waals surface area (Å²) < 4.78 is 5.13. The molecule has 2 aromatic rings. The molecule has 1 aromatic carbocycles. The van der Waals surface area contributed by atoms with E-state index in [1.807, 2.05) is 24.3 Å². The Labute approximate surface area is 110 Å². The normalized spacial score (nSPS) is 17.7. The number of carbonyl (C=O) groups is 1. The van der Waals surface area contributed by atoms with Crippen LogP contribution in [0.4, 0.5) is 11.6 Å². The number of aromatic nitrogens is 2. The Morgan fingerprint density at radius 2 is 2.11 bits per heavy atom. The molecular weight excluding hydrogens is 244 g/mol. The monoisotopic (exact) mass is 258 g/mol. The van der Waals surface area contributed by atoms with E-state index in [2.05, 4.69) is 15.5 Å². The molecule has 0 bridgehead atoms. The zero-order valence-corrected chi connectivity index (χ0v) is 10.4. The number of H-pyrrole nitrogens is 1. The smallest absolute Gasteiger partial charge is 0.226 e. The minimum atomic E-state index is -0.0755. The van der Waals surface area contributed by atoms with Gasteiger partial charge in [-0.05, 0) is 17.7 Å². The largest absolute Gasteiger partial charge is 0.497 e. The van der Waals surface area contributed by atoms with Gasteiger partial charge in [0.25, 0.3) is 0 Å². The number of carbonyl (C=O) groups excluding carboxylic acids is 1. The van der Waals surface area contributed by atoms with Gasteiger partial charge in [-0.3, -0.25) is 9.89 Å². The van der Waals surface area contributed by atoms with Crippen LogP contribution < -0.4 is 15.8 Å². The first-order valence-corrected chi connectivity index (χ1v) is 5.96. The highest BCUT2D eigenvalue weighted by atomic mass is 16.5. The molecule has 0 aliphatic carbocycles. The van der Waals surface area contributed by atoms with Crippen LogP contribution in [0, 0.1) is 0 Å². The number of nitrogen functional groups attached to an aromatic ring is 1.